The summed E-state index contributed by atoms with van der Waals surface area (Å²) < 4.78 is 0. The van der Waals surface area contributed by atoms with E-state index in [0.29, 0.717) is 23.0 Å². The first-order valence-corrected chi connectivity index (χ1v) is 17.5. The first kappa shape index (κ1) is 36.5. The summed E-state index contributed by atoms with van der Waals surface area (Å²) in [6.07, 6.45) is 17.0. The number of phenols is 4. The van der Waals surface area contributed by atoms with Crippen molar-refractivity contribution in [1.29, 1.82) is 0 Å². The van der Waals surface area contributed by atoms with E-state index in [1.54, 1.807) is 12.1 Å². The fourth-order valence-electron chi connectivity index (χ4n) is 5.79. The average molecular weight is 625 g/mol. The lowest BCUT2D eigenvalue weighted by Crippen LogP contribution is -1.91. The molecule has 0 heterocycles. The average Bonchev–Trinajstić information content (AvgIpc) is 3.05. The van der Waals surface area contributed by atoms with Gasteiger partial charge in [0.25, 0.3) is 0 Å². The highest BCUT2D eigenvalue weighted by Gasteiger charge is 2.09. The van der Waals surface area contributed by atoms with Gasteiger partial charge >= 0.3 is 0 Å². The predicted octanol–water partition coefficient (Wildman–Crippen LogP) is 12.0. The molecule has 0 spiro atoms. The van der Waals surface area contributed by atoms with E-state index in [9.17, 15) is 20.4 Å². The summed E-state index contributed by atoms with van der Waals surface area (Å²) >= 11 is 0. The van der Waals surface area contributed by atoms with Crippen LogP contribution in [0.2, 0.25) is 0 Å². The highest BCUT2D eigenvalue weighted by atomic mass is 16.3. The molecule has 4 heteroatoms. The SMILES string of the molecule is CCCCCCCCc1cc(-c2ccc(O)c(CCCCCCCC)c2)ccc1O.Cc1cc(-c2ccc(O)c(C)c2)ccc1O. The van der Waals surface area contributed by atoms with E-state index in [0.717, 1.165) is 70.2 Å². The molecule has 248 valence electrons. The molecule has 4 rings (SSSR count). The normalized spacial score (nSPS) is 10.9. The number of benzene rings is 4. The molecule has 4 aromatic rings. The van der Waals surface area contributed by atoms with Crippen molar-refractivity contribution in [2.45, 2.75) is 118 Å². The Balaban J connectivity index is 0.000000300. The van der Waals surface area contributed by atoms with E-state index < -0.39 is 0 Å². The first-order chi connectivity index (χ1) is 22.2. The van der Waals surface area contributed by atoms with Gasteiger partial charge in [-0.2, -0.15) is 0 Å². The van der Waals surface area contributed by atoms with Crippen LogP contribution in [0.5, 0.6) is 23.0 Å². The molecule has 0 radical (unpaired) electrons. The van der Waals surface area contributed by atoms with Gasteiger partial charge < -0.3 is 20.4 Å². The molecule has 0 amide bonds. The molecule has 4 aromatic carbocycles. The van der Waals surface area contributed by atoms with Crippen LogP contribution < -0.4 is 0 Å². The lowest BCUT2D eigenvalue weighted by atomic mass is 9.96. The van der Waals surface area contributed by atoms with Crippen molar-refractivity contribution in [3.63, 3.8) is 0 Å². The van der Waals surface area contributed by atoms with Crippen molar-refractivity contribution in [1.82, 2.24) is 0 Å². The molecule has 0 atom stereocenters. The van der Waals surface area contributed by atoms with Crippen LogP contribution in [0.4, 0.5) is 0 Å². The molecule has 4 nitrogen and oxygen atoms in total. The van der Waals surface area contributed by atoms with E-state index in [1.165, 1.54) is 64.2 Å². The summed E-state index contributed by atoms with van der Waals surface area (Å²) in [5.74, 6) is 1.41. The maximum atomic E-state index is 10.3. The standard InChI is InChI=1S/C28H42O2.C14H14O2/c1-3-5-7-9-11-13-15-25-21-23(17-19-27(25)29)24-18-20-28(30)26(22-24)16-14-12-10-8-6-4-2;1-9-7-11(3-5-13(9)15)12-4-6-14(16)10(2)8-12/h17-22,29-30H,3-16H2,1-2H3;3-8,15-16H,1-2H3. The maximum Gasteiger partial charge on any atom is 0.118 e. The Bertz CT molecular complexity index is 1380. The van der Waals surface area contributed by atoms with E-state index in [4.69, 9.17) is 0 Å². The second kappa shape index (κ2) is 19.6. The molecule has 0 unspecified atom stereocenters. The maximum absolute atomic E-state index is 10.3. The Kier molecular flexibility index (Phi) is 15.5. The van der Waals surface area contributed by atoms with Crippen molar-refractivity contribution in [3.8, 4) is 45.3 Å². The molecule has 0 aromatic heterocycles. The van der Waals surface area contributed by atoms with Gasteiger partial charge in [0.2, 0.25) is 0 Å². The van der Waals surface area contributed by atoms with Crippen molar-refractivity contribution >= 4 is 0 Å². The van der Waals surface area contributed by atoms with Crippen LogP contribution in [0.25, 0.3) is 22.3 Å². The van der Waals surface area contributed by atoms with Crippen LogP contribution >= 0.6 is 0 Å². The van der Waals surface area contributed by atoms with Gasteiger partial charge in [-0.3, -0.25) is 0 Å². The summed E-state index contributed by atoms with van der Waals surface area (Å²) in [4.78, 5) is 0. The van der Waals surface area contributed by atoms with Gasteiger partial charge in [0.15, 0.2) is 0 Å². The number of phenolic OH excluding ortho intramolecular Hbond substituents is 4. The number of hydrogen-bond acceptors (Lipinski definition) is 4. The quantitative estimate of drug-likeness (QED) is 0.0935. The monoisotopic (exact) mass is 624 g/mol. The molecule has 0 bridgehead atoms. The summed E-state index contributed by atoms with van der Waals surface area (Å²) in [5.41, 5.74) is 8.10. The third-order valence-corrected chi connectivity index (χ3v) is 8.82. The zero-order valence-corrected chi connectivity index (χ0v) is 28.6. The van der Waals surface area contributed by atoms with Crippen molar-refractivity contribution in [2.24, 2.45) is 0 Å². The third kappa shape index (κ3) is 11.8. The Morgan fingerprint density at radius 2 is 0.674 bits per heavy atom. The molecule has 0 fully saturated rings. The zero-order chi connectivity index (χ0) is 33.3. The van der Waals surface area contributed by atoms with Crippen LogP contribution in [-0.2, 0) is 12.8 Å². The van der Waals surface area contributed by atoms with Crippen molar-refractivity contribution < 1.29 is 20.4 Å². The molecule has 0 aliphatic heterocycles. The van der Waals surface area contributed by atoms with E-state index in [2.05, 4.69) is 26.0 Å². The molecule has 0 aliphatic rings. The number of rotatable bonds is 16. The predicted molar refractivity (Wildman–Crippen MR) is 194 cm³/mol. The lowest BCUT2D eigenvalue weighted by molar-refractivity contribution is 0.465. The third-order valence-electron chi connectivity index (χ3n) is 8.82. The Morgan fingerprint density at radius 1 is 0.370 bits per heavy atom. The van der Waals surface area contributed by atoms with Gasteiger partial charge in [0.1, 0.15) is 23.0 Å². The molecule has 4 N–H and O–H groups in total. The molecular weight excluding hydrogens is 568 g/mol. The van der Waals surface area contributed by atoms with Crippen molar-refractivity contribution in [3.05, 3.63) is 95.1 Å². The fourth-order valence-corrected chi connectivity index (χ4v) is 5.79. The first-order valence-electron chi connectivity index (χ1n) is 17.5. The minimum absolute atomic E-state index is 0.305. The topological polar surface area (TPSA) is 80.9 Å². The molecular formula is C42H56O4. The minimum Gasteiger partial charge on any atom is -0.508 e. The second-order valence-corrected chi connectivity index (χ2v) is 12.7. The number of aromatic hydroxyl groups is 4. The minimum atomic E-state index is 0.305. The summed E-state index contributed by atoms with van der Waals surface area (Å²) in [5, 5.41) is 39.5. The summed E-state index contributed by atoms with van der Waals surface area (Å²) in [6, 6.07) is 22.8. The van der Waals surface area contributed by atoms with E-state index in [-0.39, 0.29) is 0 Å². The molecule has 46 heavy (non-hydrogen) atoms. The summed E-state index contributed by atoms with van der Waals surface area (Å²) in [6.45, 7) is 8.22. The highest BCUT2D eigenvalue weighted by molar-refractivity contribution is 5.68. The van der Waals surface area contributed by atoms with Crippen LogP contribution in [-0.4, -0.2) is 20.4 Å². The lowest BCUT2D eigenvalue weighted by Gasteiger charge is -2.11. The Morgan fingerprint density at radius 3 is 1.02 bits per heavy atom. The van der Waals surface area contributed by atoms with Crippen LogP contribution in [0.3, 0.4) is 0 Å². The van der Waals surface area contributed by atoms with E-state index in [1.807, 2.05) is 62.4 Å². The van der Waals surface area contributed by atoms with E-state index >= 15 is 0 Å². The fraction of sp³-hybridized carbons (Fsp3) is 0.429. The Labute approximate surface area is 277 Å². The number of hydrogen-bond donors (Lipinski definition) is 4. The molecule has 0 saturated carbocycles. The van der Waals surface area contributed by atoms with Gasteiger partial charge in [-0.15, -0.1) is 0 Å². The van der Waals surface area contributed by atoms with Crippen molar-refractivity contribution in [2.75, 3.05) is 0 Å². The van der Waals surface area contributed by atoms with Gasteiger partial charge in [-0.05, 0) is 133 Å². The number of unbranched alkanes of at least 4 members (excludes halogenated alkanes) is 10. The van der Waals surface area contributed by atoms with Crippen LogP contribution in [0.1, 0.15) is 113 Å². The van der Waals surface area contributed by atoms with Crippen LogP contribution in [0.15, 0.2) is 72.8 Å². The number of aryl methyl sites for hydroxylation is 4. The second-order valence-electron chi connectivity index (χ2n) is 12.7. The summed E-state index contributed by atoms with van der Waals surface area (Å²) in [7, 11) is 0. The smallest absolute Gasteiger partial charge is 0.118 e. The largest absolute Gasteiger partial charge is 0.508 e. The van der Waals surface area contributed by atoms with Crippen LogP contribution in [0, 0.1) is 13.8 Å². The zero-order valence-electron chi connectivity index (χ0n) is 28.6. The Hall–Kier alpha value is -3.92. The van der Waals surface area contributed by atoms with Gasteiger partial charge in [-0.25, -0.2) is 0 Å². The van der Waals surface area contributed by atoms with Gasteiger partial charge in [0.05, 0.1) is 0 Å². The molecule has 0 saturated heterocycles. The molecule has 0 aliphatic carbocycles. The van der Waals surface area contributed by atoms with Gasteiger partial charge in [0, 0.05) is 0 Å². The van der Waals surface area contributed by atoms with Gasteiger partial charge in [-0.1, -0.05) is 102 Å². The highest BCUT2D eigenvalue weighted by Crippen LogP contribution is 2.32.